The van der Waals surface area contributed by atoms with Gasteiger partial charge in [0.25, 0.3) is 5.91 Å². The van der Waals surface area contributed by atoms with Crippen LogP contribution in [0.25, 0.3) is 0 Å². The van der Waals surface area contributed by atoms with E-state index in [0.29, 0.717) is 16.1 Å². The Labute approximate surface area is 124 Å². The second-order valence-corrected chi connectivity index (χ2v) is 6.28. The predicted molar refractivity (Wildman–Crippen MR) is 80.6 cm³/mol. The van der Waals surface area contributed by atoms with E-state index in [2.05, 4.69) is 27.3 Å². The van der Waals surface area contributed by atoms with Crippen LogP contribution in [0.5, 0.6) is 0 Å². The van der Waals surface area contributed by atoms with E-state index in [-0.39, 0.29) is 5.91 Å². The molecule has 0 aliphatic carbocycles. The maximum absolute atomic E-state index is 12.1. The molecule has 0 saturated carbocycles. The predicted octanol–water partition coefficient (Wildman–Crippen LogP) is 4.25. The van der Waals surface area contributed by atoms with E-state index < -0.39 is 0 Å². The van der Waals surface area contributed by atoms with Crippen LogP contribution in [-0.2, 0) is 0 Å². The molecule has 0 atom stereocenters. The van der Waals surface area contributed by atoms with Gasteiger partial charge >= 0.3 is 0 Å². The molecule has 0 aliphatic heterocycles. The molecule has 1 amide bonds. The summed E-state index contributed by atoms with van der Waals surface area (Å²) in [5.41, 5.74) is 2.07. The molecule has 2 rings (SSSR count). The van der Waals surface area contributed by atoms with Gasteiger partial charge in [0.2, 0.25) is 0 Å². The zero-order valence-corrected chi connectivity index (χ0v) is 12.9. The van der Waals surface area contributed by atoms with Crippen LogP contribution in [0.1, 0.15) is 25.7 Å². The number of halogens is 1. The fraction of sp³-hybridized carbons (Fsp3) is 0.143. The molecule has 5 heteroatoms. The summed E-state index contributed by atoms with van der Waals surface area (Å²) in [6.07, 6.45) is 0. The Bertz CT molecular complexity index is 666. The number of anilines is 1. The van der Waals surface area contributed by atoms with Crippen molar-refractivity contribution in [2.45, 2.75) is 13.8 Å². The summed E-state index contributed by atoms with van der Waals surface area (Å²) in [5, 5.41) is 11.8. The zero-order chi connectivity index (χ0) is 14.0. The summed E-state index contributed by atoms with van der Waals surface area (Å²) >= 11 is 4.78. The molecule has 1 aromatic carbocycles. The highest BCUT2D eigenvalue weighted by molar-refractivity contribution is 9.10. The van der Waals surface area contributed by atoms with Gasteiger partial charge in [0.05, 0.1) is 16.1 Å². The Hall–Kier alpha value is -1.64. The highest BCUT2D eigenvalue weighted by Gasteiger charge is 2.12. The van der Waals surface area contributed by atoms with Crippen molar-refractivity contribution in [1.82, 2.24) is 0 Å². The Morgan fingerprint density at radius 2 is 2.11 bits per heavy atom. The third kappa shape index (κ3) is 3.03. The van der Waals surface area contributed by atoms with Crippen LogP contribution in [0.4, 0.5) is 5.69 Å². The van der Waals surface area contributed by atoms with Crippen LogP contribution < -0.4 is 5.32 Å². The van der Waals surface area contributed by atoms with Crippen molar-refractivity contribution in [3.8, 4) is 6.07 Å². The van der Waals surface area contributed by atoms with Gasteiger partial charge in [0, 0.05) is 9.35 Å². The molecule has 19 heavy (non-hydrogen) atoms. The number of nitriles is 1. The molecule has 1 aromatic heterocycles. The van der Waals surface area contributed by atoms with Gasteiger partial charge < -0.3 is 5.32 Å². The number of thiophene rings is 1. The standard InChI is InChI=1S/C14H11BrN2OS/c1-8-5-13(19-9(8)2)14(18)17-12-6-11(15)4-3-10(12)7-16/h3-6H,1-2H3,(H,17,18). The number of benzene rings is 1. The molecule has 3 nitrogen and oxygen atoms in total. The number of carbonyl (C=O) groups is 1. The lowest BCUT2D eigenvalue weighted by molar-refractivity contribution is 0.103. The topological polar surface area (TPSA) is 52.9 Å². The van der Waals surface area contributed by atoms with Crippen LogP contribution in [0, 0.1) is 25.2 Å². The van der Waals surface area contributed by atoms with E-state index >= 15 is 0 Å². The first-order chi connectivity index (χ1) is 9.01. The number of aryl methyl sites for hydroxylation is 2. The molecule has 0 radical (unpaired) electrons. The number of rotatable bonds is 2. The van der Waals surface area contributed by atoms with E-state index in [1.807, 2.05) is 19.9 Å². The fourth-order valence-electron chi connectivity index (χ4n) is 1.59. The van der Waals surface area contributed by atoms with E-state index in [1.165, 1.54) is 11.3 Å². The zero-order valence-electron chi connectivity index (χ0n) is 10.5. The molecule has 1 N–H and O–H groups in total. The van der Waals surface area contributed by atoms with Gasteiger partial charge in [-0.25, -0.2) is 0 Å². The lowest BCUT2D eigenvalue weighted by atomic mass is 10.2. The number of nitrogens with zero attached hydrogens (tertiary/aromatic N) is 1. The molecule has 0 bridgehead atoms. The summed E-state index contributed by atoms with van der Waals surface area (Å²) in [4.78, 5) is 13.9. The number of carbonyl (C=O) groups excluding carboxylic acids is 1. The highest BCUT2D eigenvalue weighted by atomic mass is 79.9. The molecule has 0 unspecified atom stereocenters. The second kappa shape index (κ2) is 5.55. The lowest BCUT2D eigenvalue weighted by Crippen LogP contribution is -2.11. The van der Waals surface area contributed by atoms with E-state index in [0.717, 1.165) is 14.9 Å². The van der Waals surface area contributed by atoms with Crippen molar-refractivity contribution in [3.05, 3.63) is 49.6 Å². The van der Waals surface area contributed by atoms with Gasteiger partial charge in [-0.15, -0.1) is 11.3 Å². The summed E-state index contributed by atoms with van der Waals surface area (Å²) in [6, 6.07) is 9.09. The van der Waals surface area contributed by atoms with Gasteiger partial charge in [0.15, 0.2) is 0 Å². The van der Waals surface area contributed by atoms with Crippen molar-refractivity contribution < 1.29 is 4.79 Å². The third-order valence-corrected chi connectivity index (χ3v) is 4.38. The lowest BCUT2D eigenvalue weighted by Gasteiger charge is -2.06. The first-order valence-electron chi connectivity index (χ1n) is 5.59. The van der Waals surface area contributed by atoms with E-state index in [1.54, 1.807) is 18.2 Å². The molecule has 0 saturated heterocycles. The van der Waals surface area contributed by atoms with Crippen LogP contribution >= 0.6 is 27.3 Å². The van der Waals surface area contributed by atoms with Crippen molar-refractivity contribution in [3.63, 3.8) is 0 Å². The van der Waals surface area contributed by atoms with Gasteiger partial charge in [-0.3, -0.25) is 4.79 Å². The van der Waals surface area contributed by atoms with Crippen LogP contribution in [-0.4, -0.2) is 5.91 Å². The van der Waals surface area contributed by atoms with Crippen molar-refractivity contribution in [2.24, 2.45) is 0 Å². The molecule has 0 spiro atoms. The van der Waals surface area contributed by atoms with E-state index in [9.17, 15) is 4.79 Å². The smallest absolute Gasteiger partial charge is 0.265 e. The Kier molecular flexibility index (Phi) is 4.03. The monoisotopic (exact) mass is 334 g/mol. The minimum atomic E-state index is -0.184. The molecule has 0 aliphatic rings. The first-order valence-corrected chi connectivity index (χ1v) is 7.20. The van der Waals surface area contributed by atoms with Crippen molar-refractivity contribution >= 4 is 38.9 Å². The highest BCUT2D eigenvalue weighted by Crippen LogP contribution is 2.24. The van der Waals surface area contributed by atoms with Gasteiger partial charge in [-0.05, 0) is 43.7 Å². The largest absolute Gasteiger partial charge is 0.320 e. The molecular weight excluding hydrogens is 324 g/mol. The first kappa shape index (κ1) is 13.8. The summed E-state index contributed by atoms with van der Waals surface area (Å²) in [5.74, 6) is -0.184. The van der Waals surface area contributed by atoms with Crippen LogP contribution in [0.3, 0.4) is 0 Å². The molecular formula is C14H11BrN2OS. The second-order valence-electron chi connectivity index (χ2n) is 4.11. The number of hydrogen-bond acceptors (Lipinski definition) is 3. The normalized spacial score (nSPS) is 10.0. The molecule has 2 aromatic rings. The molecule has 0 fully saturated rings. The van der Waals surface area contributed by atoms with Gasteiger partial charge in [-0.1, -0.05) is 15.9 Å². The maximum Gasteiger partial charge on any atom is 0.265 e. The van der Waals surface area contributed by atoms with Crippen LogP contribution in [0.2, 0.25) is 0 Å². The van der Waals surface area contributed by atoms with E-state index in [4.69, 9.17) is 5.26 Å². The summed E-state index contributed by atoms with van der Waals surface area (Å²) in [7, 11) is 0. The Balaban J connectivity index is 2.29. The van der Waals surface area contributed by atoms with Crippen molar-refractivity contribution in [2.75, 3.05) is 5.32 Å². The summed E-state index contributed by atoms with van der Waals surface area (Å²) < 4.78 is 0.820. The number of hydrogen-bond donors (Lipinski definition) is 1. The summed E-state index contributed by atoms with van der Waals surface area (Å²) in [6.45, 7) is 3.96. The minimum Gasteiger partial charge on any atom is -0.320 e. The average Bonchev–Trinajstić information content (AvgIpc) is 2.70. The van der Waals surface area contributed by atoms with Gasteiger partial charge in [-0.2, -0.15) is 5.26 Å². The molecule has 96 valence electrons. The molecule has 1 heterocycles. The van der Waals surface area contributed by atoms with Crippen molar-refractivity contribution in [1.29, 1.82) is 5.26 Å². The fourth-order valence-corrected chi connectivity index (χ4v) is 2.88. The minimum absolute atomic E-state index is 0.184. The Morgan fingerprint density at radius 3 is 2.68 bits per heavy atom. The quantitative estimate of drug-likeness (QED) is 0.892. The van der Waals surface area contributed by atoms with Gasteiger partial charge in [0.1, 0.15) is 6.07 Å². The SMILES string of the molecule is Cc1cc(C(=O)Nc2cc(Br)ccc2C#N)sc1C. The maximum atomic E-state index is 12.1. The Morgan fingerprint density at radius 1 is 1.37 bits per heavy atom. The average molecular weight is 335 g/mol. The number of amides is 1. The third-order valence-electron chi connectivity index (χ3n) is 2.74. The number of nitrogens with one attached hydrogen (secondary N) is 1. The van der Waals surface area contributed by atoms with Crippen LogP contribution in [0.15, 0.2) is 28.7 Å².